The highest BCUT2D eigenvalue weighted by Gasteiger charge is 2.23. The lowest BCUT2D eigenvalue weighted by atomic mass is 10.2. The Bertz CT molecular complexity index is 674. The molecule has 1 aromatic heterocycles. The van der Waals surface area contributed by atoms with Crippen LogP contribution >= 0.6 is 22.9 Å². The summed E-state index contributed by atoms with van der Waals surface area (Å²) in [6.45, 7) is 1.46. The molecule has 0 saturated heterocycles. The van der Waals surface area contributed by atoms with Crippen molar-refractivity contribution in [3.63, 3.8) is 0 Å². The first-order chi connectivity index (χ1) is 10.2. The summed E-state index contributed by atoms with van der Waals surface area (Å²) in [5, 5.41) is 6.06. The van der Waals surface area contributed by atoms with Crippen LogP contribution in [0.2, 0.25) is 5.02 Å². The normalized spacial score (nSPS) is 14.1. The molecule has 5 nitrogen and oxygen atoms in total. The molecule has 1 N–H and O–H groups in total. The zero-order valence-electron chi connectivity index (χ0n) is 11.4. The number of nitrogens with zero attached hydrogens (tertiary/aromatic N) is 2. The Morgan fingerprint density at radius 3 is 3.14 bits per heavy atom. The molecule has 0 spiro atoms. The third-order valence-electron chi connectivity index (χ3n) is 3.23. The molecule has 110 valence electrons. The van der Waals surface area contributed by atoms with Crippen molar-refractivity contribution < 1.29 is 9.53 Å². The Kier molecular flexibility index (Phi) is 3.98. The van der Waals surface area contributed by atoms with Crippen molar-refractivity contribution in [2.24, 2.45) is 0 Å². The molecule has 0 bridgehead atoms. The van der Waals surface area contributed by atoms with Crippen LogP contribution in [0.15, 0.2) is 23.6 Å². The molecule has 0 aliphatic carbocycles. The van der Waals surface area contributed by atoms with E-state index in [0.717, 1.165) is 16.4 Å². The molecule has 2 heterocycles. The molecule has 21 heavy (non-hydrogen) atoms. The molecule has 0 radical (unpaired) electrons. The fraction of sp³-hybridized carbons (Fsp3) is 0.286. The number of anilines is 1. The standard InChI is InChI=1S/C14H14ClN3O2S/c1-16-14-17-11(8-21-14)13(19)18-4-5-20-12-3-2-10(15)6-9(12)7-18/h2-3,6,8H,4-5,7H2,1H3,(H,16,17). The minimum absolute atomic E-state index is 0.0934. The number of benzene rings is 1. The molecule has 1 aliphatic heterocycles. The van der Waals surface area contributed by atoms with Gasteiger partial charge in [0.25, 0.3) is 5.91 Å². The van der Waals surface area contributed by atoms with Crippen LogP contribution in [-0.2, 0) is 6.54 Å². The number of amides is 1. The van der Waals surface area contributed by atoms with Crippen molar-refractivity contribution in [3.05, 3.63) is 39.9 Å². The van der Waals surface area contributed by atoms with Gasteiger partial charge in [-0.25, -0.2) is 4.98 Å². The number of nitrogens with one attached hydrogen (secondary N) is 1. The molecular weight excluding hydrogens is 310 g/mol. The topological polar surface area (TPSA) is 54.5 Å². The van der Waals surface area contributed by atoms with E-state index in [2.05, 4.69) is 10.3 Å². The molecule has 0 fully saturated rings. The van der Waals surface area contributed by atoms with Gasteiger partial charge in [0.1, 0.15) is 18.1 Å². The van der Waals surface area contributed by atoms with Crippen LogP contribution < -0.4 is 10.1 Å². The van der Waals surface area contributed by atoms with Gasteiger partial charge in [0.05, 0.1) is 6.54 Å². The molecule has 7 heteroatoms. The predicted octanol–water partition coefficient (Wildman–Crippen LogP) is 2.87. The smallest absolute Gasteiger partial charge is 0.273 e. The predicted molar refractivity (Wildman–Crippen MR) is 83.3 cm³/mol. The van der Waals surface area contributed by atoms with Crippen LogP contribution in [0.5, 0.6) is 5.75 Å². The van der Waals surface area contributed by atoms with E-state index in [-0.39, 0.29) is 5.91 Å². The van der Waals surface area contributed by atoms with Crippen LogP contribution in [0.25, 0.3) is 0 Å². The molecule has 2 aromatic rings. The van der Waals surface area contributed by atoms with Gasteiger partial charge in [-0.05, 0) is 18.2 Å². The van der Waals surface area contributed by atoms with Crippen LogP contribution in [-0.4, -0.2) is 36.0 Å². The Labute approximate surface area is 131 Å². The second-order valence-electron chi connectivity index (χ2n) is 4.62. The van der Waals surface area contributed by atoms with E-state index in [1.54, 1.807) is 23.4 Å². The van der Waals surface area contributed by atoms with Crippen LogP contribution in [0.3, 0.4) is 0 Å². The maximum atomic E-state index is 12.5. The zero-order chi connectivity index (χ0) is 14.8. The van der Waals surface area contributed by atoms with Gasteiger partial charge in [0.15, 0.2) is 5.13 Å². The number of rotatable bonds is 2. The van der Waals surface area contributed by atoms with E-state index < -0.39 is 0 Å². The second-order valence-corrected chi connectivity index (χ2v) is 5.91. The van der Waals surface area contributed by atoms with E-state index >= 15 is 0 Å². The fourth-order valence-corrected chi connectivity index (χ4v) is 3.03. The van der Waals surface area contributed by atoms with E-state index in [4.69, 9.17) is 16.3 Å². The van der Waals surface area contributed by atoms with Gasteiger partial charge in [-0.3, -0.25) is 4.79 Å². The van der Waals surface area contributed by atoms with Gasteiger partial charge in [0.2, 0.25) is 0 Å². The lowest BCUT2D eigenvalue weighted by molar-refractivity contribution is 0.0728. The van der Waals surface area contributed by atoms with Crippen molar-refractivity contribution in [1.29, 1.82) is 0 Å². The summed E-state index contributed by atoms with van der Waals surface area (Å²) < 4.78 is 5.66. The van der Waals surface area contributed by atoms with Crippen LogP contribution in [0.4, 0.5) is 5.13 Å². The van der Waals surface area contributed by atoms with Crippen LogP contribution in [0.1, 0.15) is 16.1 Å². The molecular formula is C14H14ClN3O2S. The highest BCUT2D eigenvalue weighted by Crippen LogP contribution is 2.27. The number of hydrogen-bond donors (Lipinski definition) is 1. The number of aromatic nitrogens is 1. The van der Waals surface area contributed by atoms with E-state index in [1.165, 1.54) is 11.3 Å². The van der Waals surface area contributed by atoms with Crippen molar-refractivity contribution in [2.45, 2.75) is 6.54 Å². The average Bonchev–Trinajstić information content (AvgIpc) is 2.87. The number of halogens is 1. The summed E-state index contributed by atoms with van der Waals surface area (Å²) >= 11 is 7.43. The van der Waals surface area contributed by atoms with E-state index in [1.807, 2.05) is 12.1 Å². The fourth-order valence-electron chi connectivity index (χ4n) is 2.19. The van der Waals surface area contributed by atoms with E-state index in [9.17, 15) is 4.79 Å². The van der Waals surface area contributed by atoms with Crippen LogP contribution in [0, 0.1) is 0 Å². The highest BCUT2D eigenvalue weighted by molar-refractivity contribution is 7.13. The third kappa shape index (κ3) is 2.96. The van der Waals surface area contributed by atoms with Crippen molar-refractivity contribution in [1.82, 2.24) is 9.88 Å². The molecule has 1 aliphatic rings. The number of carbonyl (C=O) groups is 1. The first-order valence-electron chi connectivity index (χ1n) is 6.51. The maximum Gasteiger partial charge on any atom is 0.273 e. The van der Waals surface area contributed by atoms with Gasteiger partial charge < -0.3 is 15.0 Å². The summed E-state index contributed by atoms with van der Waals surface area (Å²) in [5.74, 6) is 0.688. The first-order valence-corrected chi connectivity index (χ1v) is 7.77. The summed E-state index contributed by atoms with van der Waals surface area (Å²) in [7, 11) is 1.78. The minimum atomic E-state index is -0.0934. The number of ether oxygens (including phenoxy) is 1. The second kappa shape index (κ2) is 5.91. The third-order valence-corrected chi connectivity index (χ3v) is 4.32. The lowest BCUT2D eigenvalue weighted by Crippen LogP contribution is -2.32. The number of thiazole rings is 1. The van der Waals surface area contributed by atoms with Gasteiger partial charge in [-0.15, -0.1) is 11.3 Å². The Morgan fingerprint density at radius 2 is 2.38 bits per heavy atom. The first kappa shape index (κ1) is 14.2. The molecule has 3 rings (SSSR count). The summed E-state index contributed by atoms with van der Waals surface area (Å²) in [6, 6.07) is 5.47. The molecule has 1 aromatic carbocycles. The summed E-state index contributed by atoms with van der Waals surface area (Å²) in [4.78, 5) is 18.5. The van der Waals surface area contributed by atoms with Gasteiger partial charge in [0, 0.05) is 29.6 Å². The molecule has 1 amide bonds. The van der Waals surface area contributed by atoms with Gasteiger partial charge in [-0.2, -0.15) is 0 Å². The highest BCUT2D eigenvalue weighted by atomic mass is 35.5. The van der Waals surface area contributed by atoms with E-state index in [0.29, 0.717) is 30.4 Å². The van der Waals surface area contributed by atoms with Gasteiger partial charge >= 0.3 is 0 Å². The summed E-state index contributed by atoms with van der Waals surface area (Å²) in [6.07, 6.45) is 0. The molecule has 0 saturated carbocycles. The Morgan fingerprint density at radius 1 is 1.52 bits per heavy atom. The molecule has 0 atom stereocenters. The number of fused-ring (bicyclic) bond motifs is 1. The average molecular weight is 324 g/mol. The van der Waals surface area contributed by atoms with Crippen molar-refractivity contribution in [3.8, 4) is 5.75 Å². The zero-order valence-corrected chi connectivity index (χ0v) is 13.0. The molecule has 0 unspecified atom stereocenters. The quantitative estimate of drug-likeness (QED) is 0.923. The van der Waals surface area contributed by atoms with Crippen molar-refractivity contribution >= 4 is 34.0 Å². The maximum absolute atomic E-state index is 12.5. The monoisotopic (exact) mass is 323 g/mol. The number of carbonyl (C=O) groups excluding carboxylic acids is 1. The Balaban J connectivity index is 1.84. The van der Waals surface area contributed by atoms with Crippen molar-refractivity contribution in [2.75, 3.05) is 25.5 Å². The SMILES string of the molecule is CNc1nc(C(=O)N2CCOc3ccc(Cl)cc3C2)cs1. The minimum Gasteiger partial charge on any atom is -0.491 e. The summed E-state index contributed by atoms with van der Waals surface area (Å²) in [5.41, 5.74) is 1.37. The van der Waals surface area contributed by atoms with Gasteiger partial charge in [-0.1, -0.05) is 11.6 Å². The Hall–Kier alpha value is -1.79. The largest absolute Gasteiger partial charge is 0.491 e. The lowest BCUT2D eigenvalue weighted by Gasteiger charge is -2.18. The number of hydrogen-bond acceptors (Lipinski definition) is 5.